The number of rotatable bonds is 12. The summed E-state index contributed by atoms with van der Waals surface area (Å²) in [4.78, 5) is 13.2. The molecule has 2 aromatic carbocycles. The molecule has 1 atom stereocenters. The highest BCUT2D eigenvalue weighted by atomic mass is 16.5. The van der Waals surface area contributed by atoms with Gasteiger partial charge in [0.15, 0.2) is 0 Å². The summed E-state index contributed by atoms with van der Waals surface area (Å²) in [7, 11) is 0. The van der Waals surface area contributed by atoms with Gasteiger partial charge in [-0.05, 0) is 49.3 Å². The predicted molar refractivity (Wildman–Crippen MR) is 113 cm³/mol. The maximum atomic E-state index is 10.9. The topological polar surface area (TPSA) is 59.0 Å². The van der Waals surface area contributed by atoms with E-state index in [1.54, 1.807) is 0 Å². The first-order valence-electron chi connectivity index (χ1n) is 10.5. The Hall–Kier alpha value is -2.37. The average Bonchev–Trinajstić information content (AvgIpc) is 3.27. The highest BCUT2D eigenvalue weighted by molar-refractivity contribution is 5.66. The van der Waals surface area contributed by atoms with Gasteiger partial charge in [0.2, 0.25) is 0 Å². The lowest BCUT2D eigenvalue weighted by Crippen LogP contribution is -2.36. The van der Waals surface area contributed by atoms with E-state index in [1.165, 1.54) is 11.1 Å². The summed E-state index contributed by atoms with van der Waals surface area (Å²) in [5.41, 5.74) is 2.51. The lowest BCUT2D eigenvalue weighted by molar-refractivity contribution is -0.139. The maximum absolute atomic E-state index is 10.9. The van der Waals surface area contributed by atoms with Crippen molar-refractivity contribution in [2.45, 2.75) is 44.8 Å². The molecular formula is C24H31NO4. The molecule has 5 nitrogen and oxygen atoms in total. The van der Waals surface area contributed by atoms with E-state index in [0.29, 0.717) is 19.6 Å². The number of hydrogen-bond donors (Lipinski definition) is 1. The fourth-order valence-electron chi connectivity index (χ4n) is 3.76. The number of carboxylic acids is 1. The minimum absolute atomic E-state index is 0.129. The number of nitrogens with zero attached hydrogens (tertiary/aromatic N) is 1. The Kier molecular flexibility index (Phi) is 8.53. The minimum atomic E-state index is -0.776. The van der Waals surface area contributed by atoms with Crippen LogP contribution in [-0.4, -0.2) is 48.5 Å². The Balaban J connectivity index is 1.47. The zero-order chi connectivity index (χ0) is 20.3. The number of hydrogen-bond acceptors (Lipinski definition) is 4. The summed E-state index contributed by atoms with van der Waals surface area (Å²) in [6.45, 7) is 2.87. The lowest BCUT2D eigenvalue weighted by Gasteiger charge is -2.27. The van der Waals surface area contributed by atoms with Crippen LogP contribution in [0.1, 0.15) is 36.8 Å². The summed E-state index contributed by atoms with van der Waals surface area (Å²) in [5, 5.41) is 8.99. The van der Waals surface area contributed by atoms with Crippen LogP contribution in [-0.2, 0) is 22.4 Å². The van der Waals surface area contributed by atoms with Crippen molar-refractivity contribution in [1.82, 2.24) is 4.90 Å². The molecular weight excluding hydrogens is 366 g/mol. The number of likely N-dealkylation sites (tertiary alicyclic amines) is 1. The average molecular weight is 398 g/mol. The van der Waals surface area contributed by atoms with Gasteiger partial charge in [-0.2, -0.15) is 0 Å². The standard InChI is InChI=1S/C24H31NO4/c26-24(27)15-14-23(25-16-6-7-17-25)29-19-18-28-22-11-5-4-10-21(22)13-12-20-8-2-1-3-9-20/h1-5,8-11,23H,6-7,12-19H2,(H,26,27). The number of aryl methyl sites for hydroxylation is 2. The van der Waals surface area contributed by atoms with Crippen molar-refractivity contribution in [3.8, 4) is 5.75 Å². The molecule has 0 spiro atoms. The third-order valence-electron chi connectivity index (χ3n) is 5.30. The molecule has 5 heteroatoms. The van der Waals surface area contributed by atoms with Gasteiger partial charge in [-0.15, -0.1) is 0 Å². The number of carboxylic acid groups (broad SMARTS) is 1. The zero-order valence-corrected chi connectivity index (χ0v) is 17.0. The van der Waals surface area contributed by atoms with Crippen molar-refractivity contribution >= 4 is 5.97 Å². The molecule has 3 rings (SSSR count). The molecule has 0 saturated carbocycles. The van der Waals surface area contributed by atoms with Gasteiger partial charge in [0, 0.05) is 19.5 Å². The molecule has 0 radical (unpaired) electrons. The first-order chi connectivity index (χ1) is 14.2. The van der Waals surface area contributed by atoms with E-state index in [-0.39, 0.29) is 12.6 Å². The number of benzene rings is 2. The van der Waals surface area contributed by atoms with Crippen LogP contribution in [0, 0.1) is 0 Å². The molecule has 0 bridgehead atoms. The molecule has 1 saturated heterocycles. The van der Waals surface area contributed by atoms with Crippen LogP contribution in [0.3, 0.4) is 0 Å². The van der Waals surface area contributed by atoms with Gasteiger partial charge in [0.1, 0.15) is 18.6 Å². The largest absolute Gasteiger partial charge is 0.491 e. The molecule has 0 aliphatic carbocycles. The molecule has 1 aliphatic heterocycles. The second kappa shape index (κ2) is 11.6. The molecule has 1 heterocycles. The molecule has 156 valence electrons. The first kappa shape index (κ1) is 21.3. The number of carbonyl (C=O) groups is 1. The second-order valence-corrected chi connectivity index (χ2v) is 7.44. The van der Waals surface area contributed by atoms with Gasteiger partial charge in [-0.1, -0.05) is 48.5 Å². The fourth-order valence-corrected chi connectivity index (χ4v) is 3.76. The Bertz CT molecular complexity index is 744. The predicted octanol–water partition coefficient (Wildman–Crippen LogP) is 4.15. The van der Waals surface area contributed by atoms with Crippen molar-refractivity contribution in [2.24, 2.45) is 0 Å². The van der Waals surface area contributed by atoms with Crippen LogP contribution in [0.5, 0.6) is 5.75 Å². The van der Waals surface area contributed by atoms with Gasteiger partial charge in [0.25, 0.3) is 0 Å². The number of ether oxygens (including phenoxy) is 2. The minimum Gasteiger partial charge on any atom is -0.491 e. The van der Waals surface area contributed by atoms with E-state index in [1.807, 2.05) is 24.3 Å². The summed E-state index contributed by atoms with van der Waals surface area (Å²) in [5.74, 6) is 0.122. The highest BCUT2D eigenvalue weighted by Crippen LogP contribution is 2.21. The Morgan fingerprint density at radius 2 is 1.69 bits per heavy atom. The number of aliphatic carboxylic acids is 1. The van der Waals surface area contributed by atoms with Crippen LogP contribution < -0.4 is 4.74 Å². The lowest BCUT2D eigenvalue weighted by atomic mass is 10.0. The van der Waals surface area contributed by atoms with Crippen LogP contribution >= 0.6 is 0 Å². The van der Waals surface area contributed by atoms with Gasteiger partial charge in [-0.3, -0.25) is 9.69 Å². The van der Waals surface area contributed by atoms with Crippen LogP contribution in [0.15, 0.2) is 54.6 Å². The van der Waals surface area contributed by atoms with Gasteiger partial charge in [0.05, 0.1) is 6.61 Å². The van der Waals surface area contributed by atoms with Crippen molar-refractivity contribution in [2.75, 3.05) is 26.3 Å². The molecule has 0 amide bonds. The highest BCUT2D eigenvalue weighted by Gasteiger charge is 2.23. The summed E-state index contributed by atoms with van der Waals surface area (Å²) in [6.07, 6.45) is 4.72. The fraction of sp³-hybridized carbons (Fsp3) is 0.458. The second-order valence-electron chi connectivity index (χ2n) is 7.44. The van der Waals surface area contributed by atoms with Crippen LogP contribution in [0.2, 0.25) is 0 Å². The SMILES string of the molecule is O=C(O)CCC(OCCOc1ccccc1CCc1ccccc1)N1CCCC1. The van der Waals surface area contributed by atoms with Crippen molar-refractivity contribution in [1.29, 1.82) is 0 Å². The maximum Gasteiger partial charge on any atom is 0.303 e. The van der Waals surface area contributed by atoms with Crippen LogP contribution in [0.4, 0.5) is 0 Å². The first-order valence-corrected chi connectivity index (χ1v) is 10.5. The molecule has 29 heavy (non-hydrogen) atoms. The Morgan fingerprint density at radius 1 is 0.966 bits per heavy atom. The van der Waals surface area contributed by atoms with E-state index in [0.717, 1.165) is 44.5 Å². The summed E-state index contributed by atoms with van der Waals surface area (Å²) < 4.78 is 12.0. The Morgan fingerprint density at radius 3 is 2.45 bits per heavy atom. The third kappa shape index (κ3) is 7.18. The molecule has 1 fully saturated rings. The van der Waals surface area contributed by atoms with Crippen LogP contribution in [0.25, 0.3) is 0 Å². The van der Waals surface area contributed by atoms with E-state index < -0.39 is 5.97 Å². The molecule has 0 aromatic heterocycles. The molecule has 1 aliphatic rings. The quantitative estimate of drug-likeness (QED) is 0.545. The third-order valence-corrected chi connectivity index (χ3v) is 5.30. The monoisotopic (exact) mass is 397 g/mol. The van der Waals surface area contributed by atoms with Crippen molar-refractivity contribution in [3.05, 3.63) is 65.7 Å². The van der Waals surface area contributed by atoms with E-state index in [4.69, 9.17) is 14.6 Å². The van der Waals surface area contributed by atoms with Gasteiger partial charge < -0.3 is 14.6 Å². The van der Waals surface area contributed by atoms with Gasteiger partial charge in [-0.25, -0.2) is 0 Å². The van der Waals surface area contributed by atoms with Gasteiger partial charge >= 0.3 is 5.97 Å². The molecule has 1 N–H and O–H groups in total. The van der Waals surface area contributed by atoms with E-state index in [9.17, 15) is 4.79 Å². The normalized spacial score (nSPS) is 15.3. The summed E-state index contributed by atoms with van der Waals surface area (Å²) >= 11 is 0. The van der Waals surface area contributed by atoms with E-state index in [2.05, 4.69) is 35.2 Å². The van der Waals surface area contributed by atoms with Crippen molar-refractivity contribution in [3.63, 3.8) is 0 Å². The Labute approximate surface area is 173 Å². The smallest absolute Gasteiger partial charge is 0.303 e. The van der Waals surface area contributed by atoms with E-state index >= 15 is 0 Å². The summed E-state index contributed by atoms with van der Waals surface area (Å²) in [6, 6.07) is 18.6. The number of para-hydroxylation sites is 1. The molecule has 1 unspecified atom stereocenters. The van der Waals surface area contributed by atoms with Crippen molar-refractivity contribution < 1.29 is 19.4 Å². The molecule has 2 aromatic rings. The zero-order valence-electron chi connectivity index (χ0n) is 17.0.